The van der Waals surface area contributed by atoms with Crippen molar-refractivity contribution >= 4 is 60.7 Å². The van der Waals surface area contributed by atoms with Gasteiger partial charge in [0.2, 0.25) is 0 Å². The van der Waals surface area contributed by atoms with Gasteiger partial charge in [0, 0.05) is 6.54 Å². The lowest BCUT2D eigenvalue weighted by molar-refractivity contribution is 0.0953. The van der Waals surface area contributed by atoms with Gasteiger partial charge >= 0.3 is 0 Å². The van der Waals surface area contributed by atoms with E-state index in [9.17, 15) is 4.79 Å². The molecule has 0 saturated heterocycles. The van der Waals surface area contributed by atoms with Gasteiger partial charge in [-0.1, -0.05) is 0 Å². The molecule has 1 fully saturated rings. The molecule has 1 atom stereocenters. The maximum atomic E-state index is 11.8. The number of hydrogen-bond donors (Lipinski definition) is 1. The number of carbonyl (C=O) groups is 1. The molecule has 1 N–H and O–H groups in total. The Kier molecular flexibility index (Phi) is 4.32. The summed E-state index contributed by atoms with van der Waals surface area (Å²) >= 11 is 14.3. The van der Waals surface area contributed by atoms with E-state index in [4.69, 9.17) is 11.6 Å². The number of carbonyl (C=O) groups excluding carboxylic acids is 1. The minimum Gasteiger partial charge on any atom is -0.350 e. The smallest absolute Gasteiger partial charge is 0.253 e. The summed E-state index contributed by atoms with van der Waals surface area (Å²) in [5, 5.41) is 2.93. The molecule has 0 spiro atoms. The van der Waals surface area contributed by atoms with Crippen molar-refractivity contribution in [2.45, 2.75) is 18.2 Å². The Morgan fingerprint density at radius 2 is 2.31 bits per heavy atom. The predicted molar refractivity (Wildman–Crippen MR) is 74.4 cm³/mol. The summed E-state index contributed by atoms with van der Waals surface area (Å²) in [6.07, 6.45) is 2.38. The minimum atomic E-state index is -0.0693. The highest BCUT2D eigenvalue weighted by Gasteiger charge is 2.29. The average molecular weight is 388 g/mol. The minimum absolute atomic E-state index is 0.0693. The number of halogens is 3. The van der Waals surface area contributed by atoms with Gasteiger partial charge in [-0.2, -0.15) is 0 Å². The van der Waals surface area contributed by atoms with Crippen molar-refractivity contribution in [3.05, 3.63) is 19.2 Å². The van der Waals surface area contributed by atoms with Gasteiger partial charge in [0.15, 0.2) is 0 Å². The monoisotopic (exact) mass is 385 g/mol. The Morgan fingerprint density at radius 3 is 2.81 bits per heavy atom. The number of amides is 1. The summed E-state index contributed by atoms with van der Waals surface area (Å²) in [5.74, 6) is 0.528. The Labute approximate surface area is 120 Å². The summed E-state index contributed by atoms with van der Waals surface area (Å²) in [7, 11) is 0. The second kappa shape index (κ2) is 5.38. The number of nitrogens with one attached hydrogen (secondary N) is 1. The summed E-state index contributed by atoms with van der Waals surface area (Å²) in [6.45, 7) is 0.547. The predicted octanol–water partition coefficient (Wildman–Crippen LogP) is 4.02. The van der Waals surface area contributed by atoms with Gasteiger partial charge in [0.25, 0.3) is 5.91 Å². The fourth-order valence-corrected chi connectivity index (χ4v) is 4.53. The highest BCUT2D eigenvalue weighted by molar-refractivity contribution is 9.12. The average Bonchev–Trinajstić information content (AvgIpc) is 3.01. The van der Waals surface area contributed by atoms with E-state index < -0.39 is 0 Å². The lowest BCUT2D eigenvalue weighted by Crippen LogP contribution is -2.30. The van der Waals surface area contributed by atoms with E-state index >= 15 is 0 Å². The van der Waals surface area contributed by atoms with Gasteiger partial charge in [0.05, 0.1) is 18.5 Å². The fraction of sp³-hybridized carbons (Fsp3) is 0.500. The van der Waals surface area contributed by atoms with E-state index in [0.717, 1.165) is 7.57 Å². The molecule has 1 aromatic rings. The van der Waals surface area contributed by atoms with Crippen molar-refractivity contribution in [3.8, 4) is 0 Å². The van der Waals surface area contributed by atoms with E-state index in [1.54, 1.807) is 0 Å². The van der Waals surface area contributed by atoms with Gasteiger partial charge in [-0.05, 0) is 56.7 Å². The van der Waals surface area contributed by atoms with E-state index in [1.165, 1.54) is 24.2 Å². The van der Waals surface area contributed by atoms with Crippen LogP contribution in [0, 0.1) is 5.92 Å². The van der Waals surface area contributed by atoms with Crippen molar-refractivity contribution < 1.29 is 4.79 Å². The molecule has 1 aromatic heterocycles. The molecule has 1 aliphatic carbocycles. The highest BCUT2D eigenvalue weighted by Crippen LogP contribution is 2.35. The summed E-state index contributed by atoms with van der Waals surface area (Å²) in [6, 6.07) is 1.81. The van der Waals surface area contributed by atoms with Crippen LogP contribution in [0.15, 0.2) is 13.6 Å². The van der Waals surface area contributed by atoms with Crippen LogP contribution in [0.4, 0.5) is 0 Å². The Balaban J connectivity index is 1.89. The van der Waals surface area contributed by atoms with Crippen molar-refractivity contribution in [1.29, 1.82) is 0 Å². The molecule has 1 aliphatic rings. The van der Waals surface area contributed by atoms with Crippen LogP contribution in [0.25, 0.3) is 0 Å². The molecular weight excluding hydrogens is 377 g/mol. The molecule has 1 heterocycles. The molecule has 0 bridgehead atoms. The number of hydrogen-bond acceptors (Lipinski definition) is 2. The number of thiophene rings is 1. The lowest BCUT2D eigenvalue weighted by Gasteiger charge is -2.08. The first kappa shape index (κ1) is 12.9. The number of rotatable bonds is 4. The molecule has 16 heavy (non-hydrogen) atoms. The van der Waals surface area contributed by atoms with Crippen molar-refractivity contribution in [1.82, 2.24) is 5.32 Å². The molecule has 2 rings (SSSR count). The molecule has 2 nitrogen and oxygen atoms in total. The standard InChI is InChI=1S/C10H10Br2ClNOS/c11-8-3-6(9(12)16-8)10(15)14-4-7(13)5-1-2-5/h3,5,7H,1-2,4H2,(H,14,15). The maximum absolute atomic E-state index is 11.8. The Bertz CT molecular complexity index is 406. The Morgan fingerprint density at radius 1 is 1.62 bits per heavy atom. The second-order valence-electron chi connectivity index (χ2n) is 3.80. The SMILES string of the molecule is O=C(NCC(Cl)C1CC1)c1cc(Br)sc1Br. The molecule has 0 aromatic carbocycles. The van der Waals surface area contributed by atoms with Gasteiger partial charge in [-0.15, -0.1) is 22.9 Å². The fourth-order valence-electron chi connectivity index (χ4n) is 1.41. The van der Waals surface area contributed by atoms with Crippen LogP contribution in [-0.2, 0) is 0 Å². The van der Waals surface area contributed by atoms with Crippen LogP contribution < -0.4 is 5.32 Å². The second-order valence-corrected chi connectivity index (χ2v) is 8.11. The van der Waals surface area contributed by atoms with Crippen LogP contribution in [0.1, 0.15) is 23.2 Å². The Hall–Kier alpha value is 0.420. The first-order valence-electron chi connectivity index (χ1n) is 4.95. The number of alkyl halides is 1. The van der Waals surface area contributed by atoms with Crippen LogP contribution in [0.5, 0.6) is 0 Å². The molecule has 1 saturated carbocycles. The van der Waals surface area contributed by atoms with Crippen molar-refractivity contribution in [2.75, 3.05) is 6.54 Å². The summed E-state index contributed by atoms with van der Waals surface area (Å²) in [5.41, 5.74) is 0.663. The van der Waals surface area contributed by atoms with Crippen LogP contribution in [0.2, 0.25) is 0 Å². The van der Waals surface area contributed by atoms with Gasteiger partial charge in [-0.25, -0.2) is 0 Å². The first-order chi connectivity index (χ1) is 7.58. The molecular formula is C10H10Br2ClNOS. The zero-order valence-electron chi connectivity index (χ0n) is 8.30. The molecule has 88 valence electrons. The van der Waals surface area contributed by atoms with Crippen molar-refractivity contribution in [3.63, 3.8) is 0 Å². The largest absolute Gasteiger partial charge is 0.350 e. The molecule has 6 heteroatoms. The zero-order valence-corrected chi connectivity index (χ0v) is 13.0. The van der Waals surface area contributed by atoms with Crippen LogP contribution >= 0.6 is 54.8 Å². The van der Waals surface area contributed by atoms with E-state index in [0.29, 0.717) is 18.0 Å². The van der Waals surface area contributed by atoms with E-state index in [2.05, 4.69) is 37.2 Å². The zero-order chi connectivity index (χ0) is 11.7. The molecule has 0 radical (unpaired) electrons. The maximum Gasteiger partial charge on any atom is 0.253 e. The van der Waals surface area contributed by atoms with Gasteiger partial charge < -0.3 is 5.32 Å². The molecule has 1 unspecified atom stereocenters. The quantitative estimate of drug-likeness (QED) is 0.777. The van der Waals surface area contributed by atoms with E-state index in [1.807, 2.05) is 6.07 Å². The normalized spacial score (nSPS) is 17.2. The topological polar surface area (TPSA) is 29.1 Å². The lowest BCUT2D eigenvalue weighted by atomic mass is 10.2. The highest BCUT2D eigenvalue weighted by atomic mass is 79.9. The third-order valence-corrected chi connectivity index (χ3v) is 5.34. The van der Waals surface area contributed by atoms with E-state index in [-0.39, 0.29) is 11.3 Å². The van der Waals surface area contributed by atoms with Crippen LogP contribution in [0.3, 0.4) is 0 Å². The third-order valence-electron chi connectivity index (χ3n) is 2.49. The summed E-state index contributed by atoms with van der Waals surface area (Å²) < 4.78 is 1.78. The van der Waals surface area contributed by atoms with Crippen LogP contribution in [-0.4, -0.2) is 17.8 Å². The van der Waals surface area contributed by atoms with Gasteiger partial charge in [0.1, 0.15) is 0 Å². The first-order valence-corrected chi connectivity index (χ1v) is 7.79. The third kappa shape index (κ3) is 3.22. The molecule has 0 aliphatic heterocycles. The van der Waals surface area contributed by atoms with Gasteiger partial charge in [-0.3, -0.25) is 4.79 Å². The summed E-state index contributed by atoms with van der Waals surface area (Å²) in [4.78, 5) is 11.8. The molecule has 1 amide bonds. The van der Waals surface area contributed by atoms with Crippen molar-refractivity contribution in [2.24, 2.45) is 5.92 Å².